The molecule has 0 atom stereocenters. The molecule has 3 aromatic carbocycles. The van der Waals surface area contributed by atoms with Gasteiger partial charge in [-0.2, -0.15) is 10.1 Å². The highest BCUT2D eigenvalue weighted by Gasteiger charge is 2.33. The Morgan fingerprint density at radius 2 is 1.86 bits per heavy atom. The number of aliphatic imine (C=N–C) groups is 1. The number of rotatable bonds is 7. The molecule has 5 rings (SSSR count). The van der Waals surface area contributed by atoms with Crippen molar-refractivity contribution in [2.45, 2.75) is 26.6 Å². The van der Waals surface area contributed by atoms with E-state index < -0.39 is 12.4 Å². The molecule has 1 saturated heterocycles. The van der Waals surface area contributed by atoms with Crippen LogP contribution in [0.15, 0.2) is 83.2 Å². The number of benzene rings is 3. The Morgan fingerprint density at radius 1 is 1.12 bits per heavy atom. The van der Waals surface area contributed by atoms with Gasteiger partial charge in [-0.25, -0.2) is 19.9 Å². The predicted octanol–water partition coefficient (Wildman–Crippen LogP) is 5.88. The number of halogens is 3. The van der Waals surface area contributed by atoms with Crippen LogP contribution in [0, 0.1) is 6.92 Å². The number of aromatic nitrogens is 3. The minimum atomic E-state index is -4.77. The summed E-state index contributed by atoms with van der Waals surface area (Å²) < 4.78 is 42.5. The summed E-state index contributed by atoms with van der Waals surface area (Å²) in [6, 6.07) is 17.4. The molecule has 14 heteroatoms. The number of para-hydroxylation sites is 1. The van der Waals surface area contributed by atoms with Crippen LogP contribution in [0.2, 0.25) is 0 Å². The highest BCUT2D eigenvalue weighted by atomic mass is 32.2. The van der Waals surface area contributed by atoms with E-state index in [0.717, 1.165) is 23.2 Å². The first-order valence-corrected chi connectivity index (χ1v) is 13.9. The molecule has 0 unspecified atom stereocenters. The van der Waals surface area contributed by atoms with Gasteiger partial charge in [-0.05, 0) is 54.3 Å². The number of hydrogen-bond acceptors (Lipinski definition) is 7. The van der Waals surface area contributed by atoms with E-state index in [1.165, 1.54) is 58.2 Å². The number of urea groups is 1. The van der Waals surface area contributed by atoms with Gasteiger partial charge in [0.25, 0.3) is 0 Å². The number of aryl methyl sites for hydroxylation is 2. The summed E-state index contributed by atoms with van der Waals surface area (Å²) in [5.74, 6) is 0.114. The van der Waals surface area contributed by atoms with Crippen molar-refractivity contribution in [3.63, 3.8) is 0 Å². The van der Waals surface area contributed by atoms with Gasteiger partial charge in [0.1, 0.15) is 12.1 Å². The van der Waals surface area contributed by atoms with Crippen molar-refractivity contribution in [3.05, 3.63) is 89.7 Å². The molecule has 3 amide bonds. The smallest absolute Gasteiger partial charge is 0.406 e. The molecule has 220 valence electrons. The molecular formula is C29H24F3N7O3S. The fourth-order valence-corrected chi connectivity index (χ4v) is 5.15. The molecule has 4 aromatic rings. The van der Waals surface area contributed by atoms with E-state index in [1.54, 1.807) is 24.3 Å². The maximum atomic E-state index is 12.7. The van der Waals surface area contributed by atoms with E-state index in [0.29, 0.717) is 27.8 Å². The maximum Gasteiger partial charge on any atom is 0.573 e. The molecule has 0 saturated carbocycles. The van der Waals surface area contributed by atoms with Gasteiger partial charge in [-0.3, -0.25) is 9.69 Å². The third kappa shape index (κ3) is 7.09. The molecule has 1 aromatic heterocycles. The largest absolute Gasteiger partial charge is 0.573 e. The third-order valence-corrected chi connectivity index (χ3v) is 7.18. The fourth-order valence-electron chi connectivity index (χ4n) is 4.30. The number of carbonyl (C=O) groups is 2. The highest BCUT2D eigenvalue weighted by Crippen LogP contribution is 2.33. The number of amidine groups is 1. The van der Waals surface area contributed by atoms with Crippen molar-refractivity contribution in [2.75, 3.05) is 10.7 Å². The highest BCUT2D eigenvalue weighted by molar-refractivity contribution is 8.15. The van der Waals surface area contributed by atoms with Gasteiger partial charge in [0.05, 0.1) is 23.3 Å². The normalized spacial score (nSPS) is 14.6. The lowest BCUT2D eigenvalue weighted by Crippen LogP contribution is -2.32. The number of hydrazone groups is 1. The molecule has 0 bridgehead atoms. The van der Waals surface area contributed by atoms with Crippen LogP contribution in [0.1, 0.15) is 23.6 Å². The van der Waals surface area contributed by atoms with Gasteiger partial charge in [0.2, 0.25) is 5.91 Å². The van der Waals surface area contributed by atoms with Crippen LogP contribution in [0.25, 0.3) is 17.1 Å². The SMILES string of the molecule is CCc1cccc(C)c1N1C(=O)CS/C1=N\C(=O)N/N=C/c1ccc(-c2ncn(-c3ccc(OC(F)(F)F)cc3)n2)cc1. The molecule has 0 aliphatic carbocycles. The molecular weight excluding hydrogens is 583 g/mol. The Morgan fingerprint density at radius 3 is 2.56 bits per heavy atom. The van der Waals surface area contributed by atoms with Crippen molar-refractivity contribution in [2.24, 2.45) is 10.1 Å². The van der Waals surface area contributed by atoms with E-state index in [9.17, 15) is 22.8 Å². The maximum absolute atomic E-state index is 12.7. The summed E-state index contributed by atoms with van der Waals surface area (Å²) in [5, 5.41) is 8.64. The topological polar surface area (TPSA) is 114 Å². The fraction of sp³-hybridized carbons (Fsp3) is 0.172. The number of alkyl halides is 3. The summed E-state index contributed by atoms with van der Waals surface area (Å²) in [5.41, 5.74) is 6.89. The molecule has 0 radical (unpaired) electrons. The number of anilines is 1. The Labute approximate surface area is 248 Å². The molecule has 1 fully saturated rings. The third-order valence-electron chi connectivity index (χ3n) is 6.26. The van der Waals surface area contributed by atoms with E-state index in [4.69, 9.17) is 0 Å². The van der Waals surface area contributed by atoms with Gasteiger partial charge in [0, 0.05) is 5.56 Å². The monoisotopic (exact) mass is 607 g/mol. The first kappa shape index (κ1) is 29.5. The van der Waals surface area contributed by atoms with Crippen LogP contribution in [0.3, 0.4) is 0 Å². The summed E-state index contributed by atoms with van der Waals surface area (Å²) in [6.07, 6.45) is -1.15. The molecule has 43 heavy (non-hydrogen) atoms. The van der Waals surface area contributed by atoms with Crippen molar-refractivity contribution in [3.8, 4) is 22.8 Å². The van der Waals surface area contributed by atoms with E-state index in [2.05, 4.69) is 30.3 Å². The quantitative estimate of drug-likeness (QED) is 0.207. The summed E-state index contributed by atoms with van der Waals surface area (Å²) >= 11 is 1.20. The second kappa shape index (κ2) is 12.5. The average molecular weight is 608 g/mol. The lowest BCUT2D eigenvalue weighted by atomic mass is 10.0. The summed E-state index contributed by atoms with van der Waals surface area (Å²) in [7, 11) is 0. The molecule has 0 spiro atoms. The number of thioether (sulfide) groups is 1. The predicted molar refractivity (Wildman–Crippen MR) is 158 cm³/mol. The second-order valence-corrected chi connectivity index (χ2v) is 10.1. The first-order chi connectivity index (χ1) is 20.6. The zero-order chi connectivity index (χ0) is 30.6. The van der Waals surface area contributed by atoms with Crippen LogP contribution in [0.4, 0.5) is 23.7 Å². The molecule has 1 N–H and O–H groups in total. The number of amides is 3. The van der Waals surface area contributed by atoms with Crippen molar-refractivity contribution >= 4 is 40.8 Å². The van der Waals surface area contributed by atoms with E-state index in [-0.39, 0.29) is 17.4 Å². The minimum Gasteiger partial charge on any atom is -0.406 e. The Balaban J connectivity index is 1.21. The molecule has 2 heterocycles. The molecule has 10 nitrogen and oxygen atoms in total. The Hall–Kier alpha value is -4.98. The number of carbonyl (C=O) groups excluding carboxylic acids is 2. The van der Waals surface area contributed by atoms with Gasteiger partial charge < -0.3 is 4.74 Å². The van der Waals surface area contributed by atoms with E-state index >= 15 is 0 Å². The Bertz CT molecular complexity index is 1700. The van der Waals surface area contributed by atoms with Crippen LogP contribution < -0.4 is 15.1 Å². The van der Waals surface area contributed by atoms with Gasteiger partial charge in [-0.1, -0.05) is 61.2 Å². The average Bonchev–Trinajstić information content (AvgIpc) is 3.60. The number of nitrogens with zero attached hydrogens (tertiary/aromatic N) is 6. The van der Waals surface area contributed by atoms with Crippen molar-refractivity contribution in [1.29, 1.82) is 0 Å². The lowest BCUT2D eigenvalue weighted by Gasteiger charge is -2.21. The molecule has 1 aliphatic rings. The lowest BCUT2D eigenvalue weighted by molar-refractivity contribution is -0.274. The van der Waals surface area contributed by atoms with Gasteiger partial charge in [0.15, 0.2) is 11.0 Å². The van der Waals surface area contributed by atoms with Crippen LogP contribution in [-0.4, -0.2) is 50.2 Å². The van der Waals surface area contributed by atoms with Crippen LogP contribution >= 0.6 is 11.8 Å². The zero-order valence-corrected chi connectivity index (χ0v) is 23.7. The van der Waals surface area contributed by atoms with Crippen LogP contribution in [-0.2, 0) is 11.2 Å². The second-order valence-electron chi connectivity index (χ2n) is 9.20. The van der Waals surface area contributed by atoms with Gasteiger partial charge >= 0.3 is 12.4 Å². The first-order valence-electron chi connectivity index (χ1n) is 13.0. The zero-order valence-electron chi connectivity index (χ0n) is 22.9. The minimum absolute atomic E-state index is 0.142. The van der Waals surface area contributed by atoms with Crippen molar-refractivity contribution < 1.29 is 27.5 Å². The van der Waals surface area contributed by atoms with Crippen molar-refractivity contribution in [1.82, 2.24) is 20.2 Å². The van der Waals surface area contributed by atoms with Crippen LogP contribution in [0.5, 0.6) is 5.75 Å². The standard InChI is InChI=1S/C29H24F3N7O3S/c1-3-20-6-4-5-18(2)25(20)39-24(40)16-43-28(39)35-27(41)36-34-15-19-7-9-21(10-8-19)26-33-17-38(37-26)22-11-13-23(14-12-22)42-29(30,31)32/h4-15,17H,3,16H2,1-2H3,(H,36,41)/b34-15+,35-28-. The number of ether oxygens (including phenoxy) is 1. The van der Waals surface area contributed by atoms with E-state index in [1.807, 2.05) is 32.0 Å². The summed E-state index contributed by atoms with van der Waals surface area (Å²) in [4.78, 5) is 35.0. The van der Waals surface area contributed by atoms with Gasteiger partial charge in [-0.15, -0.1) is 18.3 Å². The number of nitrogens with one attached hydrogen (secondary N) is 1. The Kier molecular flexibility index (Phi) is 8.57. The summed E-state index contributed by atoms with van der Waals surface area (Å²) in [6.45, 7) is 3.92. The molecule has 1 aliphatic heterocycles. The number of hydrogen-bond donors (Lipinski definition) is 1.